The molecule has 0 saturated carbocycles. The number of hydrogen-bond donors (Lipinski definition) is 1. The van der Waals surface area contributed by atoms with Crippen molar-refractivity contribution < 1.29 is 27.8 Å². The number of carbonyl (C=O) groups excluding carboxylic acids is 1. The van der Waals surface area contributed by atoms with Crippen LogP contribution in [0.15, 0.2) is 47.3 Å². The van der Waals surface area contributed by atoms with Crippen LogP contribution in [-0.4, -0.2) is 15.6 Å². The predicted molar refractivity (Wildman–Crippen MR) is 106 cm³/mol. The third-order valence-electron chi connectivity index (χ3n) is 5.42. The minimum Gasteiger partial charge on any atom is -0.508 e. The number of pyridine rings is 1. The highest BCUT2D eigenvalue weighted by atomic mass is 19.2. The molecule has 3 aromatic rings. The highest BCUT2D eigenvalue weighted by Gasteiger charge is 2.33. The van der Waals surface area contributed by atoms with E-state index in [1.165, 1.54) is 10.6 Å². The normalized spacial score (nSPS) is 15.5. The molecule has 31 heavy (non-hydrogen) atoms. The van der Waals surface area contributed by atoms with Crippen molar-refractivity contribution in [3.63, 3.8) is 0 Å². The molecular weight excluding hydrogens is 411 g/mol. The van der Waals surface area contributed by atoms with Crippen LogP contribution in [0.3, 0.4) is 0 Å². The number of ether oxygens (including phenoxy) is 1. The molecule has 2 heterocycles. The standard InChI is InChI=1S/C23H18F3NO4/c1-12-8-19-21(23(30)27(12)7-6-13-2-4-15(28)5-3-13)16(11-20(29)31-19)14-9-17(24)22(26)18(25)10-14/h2-5,8-10,16,28H,6-7,11H2,1H3. The van der Waals surface area contributed by atoms with Gasteiger partial charge in [0.1, 0.15) is 11.5 Å². The van der Waals surface area contributed by atoms with Gasteiger partial charge in [-0.15, -0.1) is 0 Å². The highest BCUT2D eigenvalue weighted by molar-refractivity contribution is 5.77. The number of benzene rings is 2. The average Bonchev–Trinajstić information content (AvgIpc) is 2.72. The summed E-state index contributed by atoms with van der Waals surface area (Å²) in [5, 5.41) is 9.40. The summed E-state index contributed by atoms with van der Waals surface area (Å²) in [6.07, 6.45) is 0.192. The number of nitrogens with zero attached hydrogens (tertiary/aromatic N) is 1. The molecule has 160 valence electrons. The lowest BCUT2D eigenvalue weighted by Crippen LogP contribution is -2.33. The second-order valence-corrected chi connectivity index (χ2v) is 7.47. The van der Waals surface area contributed by atoms with Gasteiger partial charge in [0, 0.05) is 24.2 Å². The lowest BCUT2D eigenvalue weighted by atomic mass is 9.86. The number of aromatic hydroxyl groups is 1. The van der Waals surface area contributed by atoms with E-state index in [4.69, 9.17) is 4.74 Å². The van der Waals surface area contributed by atoms with Gasteiger partial charge < -0.3 is 14.4 Å². The zero-order chi connectivity index (χ0) is 22.3. The summed E-state index contributed by atoms with van der Waals surface area (Å²) in [7, 11) is 0. The number of phenolic OH excluding ortho intramolecular Hbond substituents is 1. The molecule has 1 N–H and O–H groups in total. The first-order valence-corrected chi connectivity index (χ1v) is 9.62. The predicted octanol–water partition coefficient (Wildman–Crippen LogP) is 3.96. The molecule has 1 aliphatic heterocycles. The van der Waals surface area contributed by atoms with E-state index >= 15 is 0 Å². The molecule has 0 bridgehead atoms. The maximum atomic E-state index is 13.8. The average molecular weight is 429 g/mol. The summed E-state index contributed by atoms with van der Waals surface area (Å²) in [6, 6.07) is 9.70. The van der Waals surface area contributed by atoms with Crippen LogP contribution in [0, 0.1) is 24.4 Å². The van der Waals surface area contributed by atoms with E-state index in [9.17, 15) is 27.9 Å². The van der Waals surface area contributed by atoms with Gasteiger partial charge >= 0.3 is 5.97 Å². The van der Waals surface area contributed by atoms with E-state index in [0.717, 1.165) is 17.7 Å². The Balaban J connectivity index is 1.77. The number of fused-ring (bicyclic) bond motifs is 1. The summed E-state index contributed by atoms with van der Waals surface area (Å²) in [5.41, 5.74) is 1.08. The Kier molecular flexibility index (Phi) is 5.31. The number of carbonyl (C=O) groups is 1. The molecule has 2 aromatic carbocycles. The molecule has 4 rings (SSSR count). The van der Waals surface area contributed by atoms with E-state index in [1.807, 2.05) is 0 Å². The molecule has 1 aromatic heterocycles. The highest BCUT2D eigenvalue weighted by Crippen LogP contribution is 2.37. The van der Waals surface area contributed by atoms with Gasteiger partial charge in [0.2, 0.25) is 0 Å². The summed E-state index contributed by atoms with van der Waals surface area (Å²) in [4.78, 5) is 25.4. The molecule has 1 aliphatic rings. The van der Waals surface area contributed by atoms with Crippen molar-refractivity contribution in [1.82, 2.24) is 4.57 Å². The van der Waals surface area contributed by atoms with Crippen molar-refractivity contribution in [3.05, 3.63) is 92.7 Å². The molecule has 1 atom stereocenters. The minimum absolute atomic E-state index is 0.0136. The first-order valence-electron chi connectivity index (χ1n) is 9.62. The van der Waals surface area contributed by atoms with Gasteiger partial charge in [-0.25, -0.2) is 13.2 Å². The van der Waals surface area contributed by atoms with Crippen molar-refractivity contribution in [2.45, 2.75) is 32.2 Å². The zero-order valence-electron chi connectivity index (χ0n) is 16.5. The molecule has 0 fully saturated rings. The van der Waals surface area contributed by atoms with Crippen molar-refractivity contribution in [3.8, 4) is 11.5 Å². The SMILES string of the molecule is Cc1cc2c(c(=O)n1CCc1ccc(O)cc1)C(c1cc(F)c(F)c(F)c1)CC(=O)O2. The number of esters is 1. The Bertz CT molecular complexity index is 1210. The van der Waals surface area contributed by atoms with E-state index in [0.29, 0.717) is 18.7 Å². The van der Waals surface area contributed by atoms with Gasteiger partial charge in [-0.05, 0) is 48.7 Å². The first-order chi connectivity index (χ1) is 14.7. The molecule has 0 saturated heterocycles. The Morgan fingerprint density at radius 3 is 2.35 bits per heavy atom. The first kappa shape index (κ1) is 20.7. The number of rotatable bonds is 4. The van der Waals surface area contributed by atoms with Crippen LogP contribution >= 0.6 is 0 Å². The fourth-order valence-electron chi connectivity index (χ4n) is 3.84. The summed E-state index contributed by atoms with van der Waals surface area (Å²) >= 11 is 0. The molecule has 0 amide bonds. The largest absolute Gasteiger partial charge is 0.508 e. The molecule has 1 unspecified atom stereocenters. The molecule has 0 aliphatic carbocycles. The number of aromatic nitrogens is 1. The Morgan fingerprint density at radius 2 is 1.71 bits per heavy atom. The topological polar surface area (TPSA) is 68.5 Å². The van der Waals surface area contributed by atoms with Crippen LogP contribution in [0.5, 0.6) is 11.5 Å². The summed E-state index contributed by atoms with van der Waals surface area (Å²) < 4.78 is 47.8. The maximum Gasteiger partial charge on any atom is 0.312 e. The van der Waals surface area contributed by atoms with Crippen LogP contribution in [0.4, 0.5) is 13.2 Å². The van der Waals surface area contributed by atoms with Crippen LogP contribution in [0.1, 0.15) is 34.7 Å². The number of hydrogen-bond acceptors (Lipinski definition) is 4. The minimum atomic E-state index is -1.61. The van der Waals surface area contributed by atoms with Crippen LogP contribution in [-0.2, 0) is 17.8 Å². The molecule has 0 spiro atoms. The van der Waals surface area contributed by atoms with Gasteiger partial charge in [-0.2, -0.15) is 0 Å². The number of halogens is 3. The lowest BCUT2D eigenvalue weighted by molar-refractivity contribution is -0.135. The number of phenols is 1. The Morgan fingerprint density at radius 1 is 1.06 bits per heavy atom. The van der Waals surface area contributed by atoms with Gasteiger partial charge in [-0.1, -0.05) is 12.1 Å². The van der Waals surface area contributed by atoms with E-state index in [-0.39, 0.29) is 29.0 Å². The third kappa shape index (κ3) is 3.93. The molecule has 0 radical (unpaired) electrons. The van der Waals surface area contributed by atoms with Crippen molar-refractivity contribution in [2.24, 2.45) is 0 Å². The van der Waals surface area contributed by atoms with Gasteiger partial charge in [0.15, 0.2) is 17.5 Å². The van der Waals surface area contributed by atoms with E-state index < -0.39 is 34.9 Å². The second kappa shape index (κ2) is 7.94. The zero-order valence-corrected chi connectivity index (χ0v) is 16.5. The fourth-order valence-corrected chi connectivity index (χ4v) is 3.84. The monoisotopic (exact) mass is 429 g/mol. The van der Waals surface area contributed by atoms with Gasteiger partial charge in [0.25, 0.3) is 5.56 Å². The van der Waals surface area contributed by atoms with Crippen LogP contribution in [0.2, 0.25) is 0 Å². The molecule has 8 heteroatoms. The molecule has 5 nitrogen and oxygen atoms in total. The molecular formula is C23H18F3NO4. The summed E-state index contributed by atoms with van der Waals surface area (Å²) in [6.45, 7) is 1.99. The van der Waals surface area contributed by atoms with Crippen molar-refractivity contribution >= 4 is 5.97 Å². The third-order valence-corrected chi connectivity index (χ3v) is 5.42. The van der Waals surface area contributed by atoms with E-state index in [2.05, 4.69) is 0 Å². The summed E-state index contributed by atoms with van der Waals surface area (Å²) in [5.74, 6) is -5.84. The van der Waals surface area contributed by atoms with E-state index in [1.54, 1.807) is 31.2 Å². The Hall–Kier alpha value is -3.55. The lowest BCUT2D eigenvalue weighted by Gasteiger charge is -2.26. The smallest absolute Gasteiger partial charge is 0.312 e. The quantitative estimate of drug-likeness (QED) is 0.504. The van der Waals surface area contributed by atoms with Crippen molar-refractivity contribution in [1.29, 1.82) is 0 Å². The maximum absolute atomic E-state index is 13.8. The fraction of sp³-hybridized carbons (Fsp3) is 0.217. The number of aryl methyl sites for hydroxylation is 2. The van der Waals surface area contributed by atoms with Gasteiger partial charge in [0.05, 0.1) is 12.0 Å². The Labute approximate surface area is 175 Å². The van der Waals surface area contributed by atoms with Crippen molar-refractivity contribution in [2.75, 3.05) is 0 Å². The second-order valence-electron chi connectivity index (χ2n) is 7.47. The van der Waals surface area contributed by atoms with Crippen LogP contribution < -0.4 is 10.3 Å². The van der Waals surface area contributed by atoms with Crippen LogP contribution in [0.25, 0.3) is 0 Å². The van der Waals surface area contributed by atoms with Gasteiger partial charge in [-0.3, -0.25) is 9.59 Å².